The predicted molar refractivity (Wildman–Crippen MR) is 211 cm³/mol. The van der Waals surface area contributed by atoms with Crippen molar-refractivity contribution in [1.82, 2.24) is 29.1 Å². The third kappa shape index (κ3) is 9.18. The summed E-state index contributed by atoms with van der Waals surface area (Å²) < 4.78 is 46.9. The number of aromatic nitrogens is 6. The number of rotatable bonds is 9. The maximum atomic E-state index is 13.9. The van der Waals surface area contributed by atoms with E-state index < -0.39 is 22.8 Å². The molecule has 0 amide bonds. The smallest absolute Gasteiger partial charge is 0.294 e. The Morgan fingerprint density at radius 3 is 1.49 bits per heavy atom. The zero-order valence-corrected chi connectivity index (χ0v) is 31.8. The average Bonchev–Trinajstić information content (AvgIpc) is 3.22. The molecule has 0 aliphatic heterocycles. The monoisotopic (exact) mass is 782 g/mol. The molecule has 298 valence electrons. The van der Waals surface area contributed by atoms with Crippen LogP contribution in [0.5, 0.6) is 23.0 Å². The van der Waals surface area contributed by atoms with Gasteiger partial charge in [0, 0.05) is 56.5 Å². The number of aryl methyl sites for hydroxylation is 2. The van der Waals surface area contributed by atoms with Crippen LogP contribution < -0.4 is 31.2 Å². The first kappa shape index (κ1) is 39.2. The molecule has 4 heterocycles. The maximum absolute atomic E-state index is 13.9. The highest BCUT2D eigenvalue weighted by molar-refractivity contribution is 5.77. The molecule has 16 heteroatoms. The molecule has 57 heavy (non-hydrogen) atoms. The first-order valence-corrected chi connectivity index (χ1v) is 18.9. The van der Waals surface area contributed by atoms with Crippen LogP contribution in [0.4, 0.5) is 20.7 Å². The molecule has 0 unspecified atom stereocenters. The van der Waals surface area contributed by atoms with Crippen LogP contribution in [-0.2, 0) is 18.8 Å². The number of pyridine rings is 2. The second-order valence-electron chi connectivity index (χ2n) is 14.3. The summed E-state index contributed by atoms with van der Waals surface area (Å²) in [6.45, 7) is 0. The SMILES string of the molecule is COC1CCC(Nc2ncc3cc(Oc4ccccc4F)c(=O)n(C)c3n2)CC1.Cn1c(=O)c(Oc2ccccc2F)cc2cnc(NC3CCC(O)CC3)nc21. The Labute approximate surface area is 326 Å². The molecule has 0 saturated heterocycles. The summed E-state index contributed by atoms with van der Waals surface area (Å²) in [6, 6.07) is 15.4. The summed E-state index contributed by atoms with van der Waals surface area (Å²) in [4.78, 5) is 43.0. The molecule has 2 aliphatic rings. The molecule has 3 N–H and O–H groups in total. The van der Waals surface area contributed by atoms with Gasteiger partial charge in [-0.15, -0.1) is 0 Å². The standard InChI is InChI=1S/C21H23FN4O3.C20H21FN4O3/c1-26-19-13(11-18(20(26)27)29-17-6-4-3-5-16(17)22)12-23-21(25-19)24-14-7-9-15(28-2)10-8-14;1-25-18-12(10-17(19(25)27)28-16-5-3-2-4-15(16)21)11-22-20(24-18)23-13-6-8-14(26)9-7-13/h3-6,11-12,14-15H,7-10H2,1-2H3,(H,23,24,25);2-5,10-11,13-14,26H,6-9H2,1H3,(H,22,23,24). The van der Waals surface area contributed by atoms with E-state index in [4.69, 9.17) is 14.2 Å². The number of aliphatic hydroxyl groups excluding tert-OH is 1. The molecule has 2 aromatic carbocycles. The van der Waals surface area contributed by atoms with Crippen LogP contribution in [0.2, 0.25) is 0 Å². The molecule has 2 saturated carbocycles. The molecule has 14 nitrogen and oxygen atoms in total. The number of nitrogens with one attached hydrogen (secondary N) is 2. The Morgan fingerprint density at radius 1 is 0.649 bits per heavy atom. The fraction of sp³-hybridized carbons (Fsp3) is 0.366. The van der Waals surface area contributed by atoms with Crippen molar-refractivity contribution in [2.24, 2.45) is 14.1 Å². The Bertz CT molecular complexity index is 2480. The molecule has 2 fully saturated rings. The van der Waals surface area contributed by atoms with Gasteiger partial charge in [0.15, 0.2) is 34.6 Å². The number of hydrogen-bond acceptors (Lipinski definition) is 12. The van der Waals surface area contributed by atoms with E-state index in [1.807, 2.05) is 0 Å². The Balaban J connectivity index is 0.000000174. The number of aliphatic hydroxyl groups is 1. The summed E-state index contributed by atoms with van der Waals surface area (Å²) in [7, 11) is 4.95. The van der Waals surface area contributed by atoms with E-state index in [0.717, 1.165) is 51.4 Å². The molecule has 0 bridgehead atoms. The normalized spacial score (nSPS) is 19.4. The number of benzene rings is 2. The van der Waals surface area contributed by atoms with Crippen molar-refractivity contribution in [2.45, 2.75) is 75.7 Å². The van der Waals surface area contributed by atoms with Crippen LogP contribution in [0, 0.1) is 11.6 Å². The highest BCUT2D eigenvalue weighted by atomic mass is 19.1. The van der Waals surface area contributed by atoms with Gasteiger partial charge < -0.3 is 30.0 Å². The number of nitrogens with zero attached hydrogens (tertiary/aromatic N) is 6. The van der Waals surface area contributed by atoms with E-state index in [-0.39, 0.29) is 41.2 Å². The Kier molecular flexibility index (Phi) is 12.0. The topological polar surface area (TPSA) is 168 Å². The van der Waals surface area contributed by atoms with Gasteiger partial charge in [-0.1, -0.05) is 24.3 Å². The van der Waals surface area contributed by atoms with Gasteiger partial charge in [-0.3, -0.25) is 18.7 Å². The van der Waals surface area contributed by atoms with Gasteiger partial charge in [-0.05, 0) is 87.8 Å². The lowest BCUT2D eigenvalue weighted by molar-refractivity contribution is 0.0681. The summed E-state index contributed by atoms with van der Waals surface area (Å²) in [6.07, 6.45) is 10.5. The molecule has 0 atom stereocenters. The molecule has 4 aromatic heterocycles. The van der Waals surface area contributed by atoms with Crippen molar-refractivity contribution in [3.63, 3.8) is 0 Å². The van der Waals surface area contributed by atoms with Crippen molar-refractivity contribution >= 4 is 34.0 Å². The van der Waals surface area contributed by atoms with E-state index >= 15 is 0 Å². The zero-order valence-electron chi connectivity index (χ0n) is 31.8. The van der Waals surface area contributed by atoms with Gasteiger partial charge in [0.1, 0.15) is 11.3 Å². The fourth-order valence-electron chi connectivity index (χ4n) is 7.04. The lowest BCUT2D eigenvalue weighted by Gasteiger charge is -2.28. The minimum absolute atomic E-state index is 0.00480. The van der Waals surface area contributed by atoms with Gasteiger partial charge in [-0.25, -0.2) is 18.7 Å². The second kappa shape index (κ2) is 17.4. The third-order valence-electron chi connectivity index (χ3n) is 10.3. The second-order valence-corrected chi connectivity index (χ2v) is 14.3. The van der Waals surface area contributed by atoms with E-state index in [1.165, 1.54) is 45.5 Å². The van der Waals surface area contributed by atoms with Gasteiger partial charge in [0.25, 0.3) is 11.1 Å². The van der Waals surface area contributed by atoms with Crippen LogP contribution in [-0.4, -0.2) is 65.6 Å². The Hall–Kier alpha value is -6.00. The summed E-state index contributed by atoms with van der Waals surface area (Å²) in [5.41, 5.74) is 0.130. The number of anilines is 2. The fourth-order valence-corrected chi connectivity index (χ4v) is 7.04. The lowest BCUT2D eigenvalue weighted by atomic mass is 9.93. The predicted octanol–water partition coefficient (Wildman–Crippen LogP) is 6.60. The van der Waals surface area contributed by atoms with Crippen LogP contribution in [0.15, 0.2) is 82.6 Å². The van der Waals surface area contributed by atoms with E-state index in [2.05, 4.69) is 30.6 Å². The van der Waals surface area contributed by atoms with Gasteiger partial charge in [0.05, 0.1) is 12.2 Å². The van der Waals surface area contributed by atoms with Gasteiger partial charge in [-0.2, -0.15) is 9.97 Å². The van der Waals surface area contributed by atoms with Crippen LogP contribution in [0.25, 0.3) is 22.1 Å². The number of fused-ring (bicyclic) bond motifs is 2. The van der Waals surface area contributed by atoms with Crippen molar-refractivity contribution in [3.05, 3.63) is 105 Å². The quantitative estimate of drug-likeness (QED) is 0.144. The van der Waals surface area contributed by atoms with Gasteiger partial charge in [0.2, 0.25) is 11.9 Å². The molecule has 0 spiro atoms. The maximum Gasteiger partial charge on any atom is 0.294 e. The summed E-state index contributed by atoms with van der Waals surface area (Å²) in [5.74, 6) is -0.153. The van der Waals surface area contributed by atoms with Crippen LogP contribution >= 0.6 is 0 Å². The first-order valence-electron chi connectivity index (χ1n) is 18.9. The van der Waals surface area contributed by atoms with Crippen molar-refractivity contribution in [1.29, 1.82) is 0 Å². The Morgan fingerprint density at radius 2 is 1.07 bits per heavy atom. The molecular weight excluding hydrogens is 738 g/mol. The number of hydrogen-bond donors (Lipinski definition) is 3. The van der Waals surface area contributed by atoms with E-state index in [0.29, 0.717) is 40.1 Å². The van der Waals surface area contributed by atoms with Crippen LogP contribution in [0.3, 0.4) is 0 Å². The van der Waals surface area contributed by atoms with E-state index in [9.17, 15) is 23.5 Å². The number of halogens is 2. The minimum Gasteiger partial charge on any atom is -0.448 e. The third-order valence-corrected chi connectivity index (χ3v) is 10.3. The summed E-state index contributed by atoms with van der Waals surface area (Å²) >= 11 is 0. The average molecular weight is 783 g/mol. The van der Waals surface area contributed by atoms with Crippen molar-refractivity contribution < 1.29 is 28.1 Å². The number of methoxy groups -OCH3 is 1. The molecule has 8 rings (SSSR count). The largest absolute Gasteiger partial charge is 0.448 e. The van der Waals surface area contributed by atoms with Gasteiger partial charge >= 0.3 is 0 Å². The highest BCUT2D eigenvalue weighted by Gasteiger charge is 2.23. The van der Waals surface area contributed by atoms with Crippen molar-refractivity contribution in [3.8, 4) is 23.0 Å². The van der Waals surface area contributed by atoms with E-state index in [1.54, 1.807) is 57.9 Å². The molecule has 6 aromatic rings. The number of para-hydroxylation sites is 2. The molecule has 2 aliphatic carbocycles. The van der Waals surface area contributed by atoms with Crippen LogP contribution in [0.1, 0.15) is 51.4 Å². The highest BCUT2D eigenvalue weighted by Crippen LogP contribution is 2.28. The lowest BCUT2D eigenvalue weighted by Crippen LogP contribution is -2.30. The zero-order chi connectivity index (χ0) is 40.1. The minimum atomic E-state index is -0.543. The number of ether oxygens (including phenoxy) is 3. The molecule has 0 radical (unpaired) electrons. The summed E-state index contributed by atoms with van der Waals surface area (Å²) in [5, 5.41) is 17.5. The molecular formula is C41H44F2N8O6. The van der Waals surface area contributed by atoms with Crippen molar-refractivity contribution in [2.75, 3.05) is 17.7 Å². The first-order chi connectivity index (χ1) is 27.6.